The summed E-state index contributed by atoms with van der Waals surface area (Å²) in [6, 6.07) is 4.00. The molecule has 0 fully saturated rings. The highest BCUT2D eigenvalue weighted by atomic mass is 32.1. The second-order valence-corrected chi connectivity index (χ2v) is 3.18. The van der Waals surface area contributed by atoms with Crippen molar-refractivity contribution < 1.29 is 4.74 Å². The van der Waals surface area contributed by atoms with Gasteiger partial charge >= 0.3 is 0 Å². The van der Waals surface area contributed by atoms with Crippen LogP contribution in [0.25, 0.3) is 0 Å². The van der Waals surface area contributed by atoms with Crippen LogP contribution in [-0.2, 0) is 0 Å². The molecule has 0 spiro atoms. The molecule has 10 heavy (non-hydrogen) atoms. The van der Waals surface area contributed by atoms with E-state index in [-0.39, 0.29) is 0 Å². The fourth-order valence-corrected chi connectivity index (χ4v) is 1.28. The summed E-state index contributed by atoms with van der Waals surface area (Å²) in [7, 11) is 0. The van der Waals surface area contributed by atoms with Gasteiger partial charge in [0.05, 0.1) is 6.10 Å². The third-order valence-electron chi connectivity index (χ3n) is 1.39. The van der Waals surface area contributed by atoms with Crippen LogP contribution in [0, 0.1) is 0 Å². The molecule has 1 heterocycles. The first-order valence-electron chi connectivity index (χ1n) is 3.53. The number of ether oxygens (including phenoxy) is 1. The fraction of sp³-hybridized carbons (Fsp3) is 0.500. The van der Waals surface area contributed by atoms with Crippen molar-refractivity contribution in [3.8, 4) is 5.06 Å². The molecule has 0 amide bonds. The average molecular weight is 156 g/mol. The quantitative estimate of drug-likeness (QED) is 0.653. The highest BCUT2D eigenvalue weighted by Crippen LogP contribution is 2.19. The van der Waals surface area contributed by atoms with E-state index in [9.17, 15) is 0 Å². The summed E-state index contributed by atoms with van der Waals surface area (Å²) in [5.41, 5.74) is 0. The molecule has 1 aromatic heterocycles. The minimum absolute atomic E-state index is 0.346. The van der Waals surface area contributed by atoms with Gasteiger partial charge in [0, 0.05) is 0 Å². The minimum Gasteiger partial charge on any atom is -0.481 e. The Hall–Kier alpha value is -0.500. The van der Waals surface area contributed by atoms with Crippen LogP contribution in [0.3, 0.4) is 0 Å². The lowest BCUT2D eigenvalue weighted by Crippen LogP contribution is -2.08. The molecular weight excluding hydrogens is 144 g/mol. The van der Waals surface area contributed by atoms with Crippen molar-refractivity contribution in [2.24, 2.45) is 0 Å². The second-order valence-electron chi connectivity index (χ2n) is 2.27. The van der Waals surface area contributed by atoms with Crippen molar-refractivity contribution in [1.82, 2.24) is 0 Å². The van der Waals surface area contributed by atoms with Gasteiger partial charge in [-0.2, -0.15) is 0 Å². The maximum atomic E-state index is 5.52. The van der Waals surface area contributed by atoms with E-state index in [1.54, 1.807) is 11.3 Å². The van der Waals surface area contributed by atoms with Crippen LogP contribution >= 0.6 is 11.3 Å². The number of thiophene rings is 1. The summed E-state index contributed by atoms with van der Waals surface area (Å²) in [5.74, 6) is 0. The average Bonchev–Trinajstić information content (AvgIpc) is 2.40. The van der Waals surface area contributed by atoms with E-state index in [0.717, 1.165) is 11.5 Å². The van der Waals surface area contributed by atoms with Gasteiger partial charge in [0.2, 0.25) is 0 Å². The Morgan fingerprint density at radius 1 is 1.70 bits per heavy atom. The highest BCUT2D eigenvalue weighted by Gasteiger charge is 1.99. The zero-order chi connectivity index (χ0) is 7.40. The molecule has 1 nitrogen and oxygen atoms in total. The molecule has 0 aliphatic heterocycles. The zero-order valence-electron chi connectivity index (χ0n) is 6.33. The monoisotopic (exact) mass is 156 g/mol. The molecule has 0 saturated carbocycles. The Balaban J connectivity index is 2.40. The Morgan fingerprint density at radius 3 is 3.00 bits per heavy atom. The Morgan fingerprint density at radius 2 is 2.50 bits per heavy atom. The van der Waals surface area contributed by atoms with Crippen molar-refractivity contribution in [2.45, 2.75) is 26.4 Å². The van der Waals surface area contributed by atoms with Gasteiger partial charge in [0.15, 0.2) is 5.06 Å². The lowest BCUT2D eigenvalue weighted by Gasteiger charge is -2.08. The maximum Gasteiger partial charge on any atom is 0.174 e. The van der Waals surface area contributed by atoms with E-state index in [4.69, 9.17) is 4.74 Å². The summed E-state index contributed by atoms with van der Waals surface area (Å²) in [5, 5.41) is 3.05. The Bertz CT molecular complexity index is 169. The molecule has 0 N–H and O–H groups in total. The van der Waals surface area contributed by atoms with E-state index in [2.05, 4.69) is 13.8 Å². The van der Waals surface area contributed by atoms with Crippen molar-refractivity contribution in [3.63, 3.8) is 0 Å². The van der Waals surface area contributed by atoms with Crippen molar-refractivity contribution in [2.75, 3.05) is 0 Å². The molecule has 56 valence electrons. The molecule has 1 aromatic rings. The van der Waals surface area contributed by atoms with Gasteiger partial charge in [-0.1, -0.05) is 6.92 Å². The lowest BCUT2D eigenvalue weighted by atomic mass is 10.3. The predicted molar refractivity (Wildman–Crippen MR) is 44.7 cm³/mol. The van der Waals surface area contributed by atoms with Crippen LogP contribution in [-0.4, -0.2) is 6.10 Å². The first-order chi connectivity index (χ1) is 4.83. The normalized spacial score (nSPS) is 13.0. The predicted octanol–water partition coefficient (Wildman–Crippen LogP) is 2.93. The fourth-order valence-electron chi connectivity index (χ4n) is 0.612. The number of hydrogen-bond acceptors (Lipinski definition) is 2. The summed E-state index contributed by atoms with van der Waals surface area (Å²) in [6.07, 6.45) is 1.41. The van der Waals surface area contributed by atoms with Gasteiger partial charge in [-0.25, -0.2) is 0 Å². The van der Waals surface area contributed by atoms with Crippen LogP contribution in [0.4, 0.5) is 0 Å². The van der Waals surface area contributed by atoms with Gasteiger partial charge in [-0.05, 0) is 30.9 Å². The smallest absolute Gasteiger partial charge is 0.174 e. The molecule has 1 unspecified atom stereocenters. The SMILES string of the molecule is CCC(C)Oc1cccs1. The molecule has 0 aliphatic carbocycles. The summed E-state index contributed by atoms with van der Waals surface area (Å²) >= 11 is 1.64. The second kappa shape index (κ2) is 3.62. The molecule has 0 aliphatic rings. The minimum atomic E-state index is 0.346. The van der Waals surface area contributed by atoms with Gasteiger partial charge in [-0.3, -0.25) is 0 Å². The van der Waals surface area contributed by atoms with Crippen LogP contribution in [0.5, 0.6) is 5.06 Å². The largest absolute Gasteiger partial charge is 0.481 e. The third kappa shape index (κ3) is 2.03. The van der Waals surface area contributed by atoms with E-state index in [0.29, 0.717) is 6.10 Å². The topological polar surface area (TPSA) is 9.23 Å². The first-order valence-corrected chi connectivity index (χ1v) is 4.41. The van der Waals surface area contributed by atoms with Gasteiger partial charge in [0.25, 0.3) is 0 Å². The highest BCUT2D eigenvalue weighted by molar-refractivity contribution is 7.11. The first kappa shape index (κ1) is 7.61. The van der Waals surface area contributed by atoms with E-state index < -0.39 is 0 Å². The maximum absolute atomic E-state index is 5.52. The van der Waals surface area contributed by atoms with Gasteiger partial charge < -0.3 is 4.74 Å². The molecule has 0 saturated heterocycles. The molecular formula is C8H12OS. The lowest BCUT2D eigenvalue weighted by molar-refractivity contribution is 0.224. The summed E-state index contributed by atoms with van der Waals surface area (Å²) < 4.78 is 5.52. The van der Waals surface area contributed by atoms with E-state index in [1.165, 1.54) is 0 Å². The van der Waals surface area contributed by atoms with Crippen LogP contribution in [0.1, 0.15) is 20.3 Å². The van der Waals surface area contributed by atoms with Crippen molar-refractivity contribution in [1.29, 1.82) is 0 Å². The van der Waals surface area contributed by atoms with Crippen LogP contribution in [0.15, 0.2) is 17.5 Å². The Labute approximate surface area is 65.6 Å². The Kier molecular flexibility index (Phi) is 2.75. The number of rotatable bonds is 3. The molecule has 1 atom stereocenters. The summed E-state index contributed by atoms with van der Waals surface area (Å²) in [6.45, 7) is 4.21. The van der Waals surface area contributed by atoms with Crippen LogP contribution in [0.2, 0.25) is 0 Å². The number of hydrogen-bond donors (Lipinski definition) is 0. The molecule has 0 aromatic carbocycles. The molecule has 0 bridgehead atoms. The van der Waals surface area contributed by atoms with E-state index >= 15 is 0 Å². The summed E-state index contributed by atoms with van der Waals surface area (Å²) in [4.78, 5) is 0. The third-order valence-corrected chi connectivity index (χ3v) is 2.15. The van der Waals surface area contributed by atoms with Crippen LogP contribution < -0.4 is 4.74 Å². The molecule has 2 heteroatoms. The zero-order valence-corrected chi connectivity index (χ0v) is 7.15. The standard InChI is InChI=1S/C8H12OS/c1-3-7(2)9-8-5-4-6-10-8/h4-7H,3H2,1-2H3. The van der Waals surface area contributed by atoms with Gasteiger partial charge in [-0.15, -0.1) is 11.3 Å². The van der Waals surface area contributed by atoms with Gasteiger partial charge in [0.1, 0.15) is 0 Å². The molecule has 1 rings (SSSR count). The van der Waals surface area contributed by atoms with E-state index in [1.807, 2.05) is 17.5 Å². The van der Waals surface area contributed by atoms with Crippen molar-refractivity contribution >= 4 is 11.3 Å². The molecule has 0 radical (unpaired) electrons. The van der Waals surface area contributed by atoms with Crippen molar-refractivity contribution in [3.05, 3.63) is 17.5 Å².